The summed E-state index contributed by atoms with van der Waals surface area (Å²) in [4.78, 5) is 100. The SMILES string of the molecule is CCC(C)Oc1cc(C(=O)O)ccc1NC(=O)c1ccc(NC(=O)c2ccc(NC(=O)C(OC)[C@H](NC(=O)c3ccc(NC(=O)c4ccc([N+](=O)[O-])cc4)cc3)C(=O)O)cc2)c(OC(C)C)c1O. The summed E-state index contributed by atoms with van der Waals surface area (Å²) >= 11 is 0. The Hall–Kier alpha value is -8.85. The topological polar surface area (TPSA) is 311 Å². The fourth-order valence-corrected chi connectivity index (χ4v) is 6.20. The molecular formula is C47H46N6O15. The summed E-state index contributed by atoms with van der Waals surface area (Å²) in [5, 5.41) is 54.2. The normalized spacial score (nSPS) is 12.1. The first-order valence-electron chi connectivity index (χ1n) is 20.6. The van der Waals surface area contributed by atoms with E-state index in [-0.39, 0.29) is 73.9 Å². The first kappa shape index (κ1) is 50.2. The number of aliphatic carboxylic acids is 1. The highest BCUT2D eigenvalue weighted by Gasteiger charge is 2.36. The zero-order valence-corrected chi connectivity index (χ0v) is 37.0. The van der Waals surface area contributed by atoms with E-state index in [2.05, 4.69) is 26.6 Å². The molecule has 5 aromatic rings. The summed E-state index contributed by atoms with van der Waals surface area (Å²) in [6, 6.07) is 20.2. The quantitative estimate of drug-likeness (QED) is 0.0303. The number of nitrogens with one attached hydrogen (secondary N) is 5. The zero-order chi connectivity index (χ0) is 49.8. The number of nitrogens with zero attached hydrogens (tertiary/aromatic N) is 1. The Morgan fingerprint density at radius 2 is 1.16 bits per heavy atom. The van der Waals surface area contributed by atoms with Crippen LogP contribution in [-0.4, -0.2) is 93.2 Å². The van der Waals surface area contributed by atoms with Gasteiger partial charge in [0.2, 0.25) is 0 Å². The number of hydrogen-bond donors (Lipinski definition) is 8. The maximum Gasteiger partial charge on any atom is 0.335 e. The fourth-order valence-electron chi connectivity index (χ4n) is 6.20. The predicted octanol–water partition coefficient (Wildman–Crippen LogP) is 6.56. The average Bonchev–Trinajstić information content (AvgIpc) is 3.30. The van der Waals surface area contributed by atoms with E-state index in [9.17, 15) is 59.0 Å². The summed E-state index contributed by atoms with van der Waals surface area (Å²) in [6.45, 7) is 6.96. The Morgan fingerprint density at radius 3 is 1.69 bits per heavy atom. The van der Waals surface area contributed by atoms with Crippen LogP contribution in [0.25, 0.3) is 0 Å². The number of methoxy groups -OCH3 is 1. The number of ether oxygens (including phenoxy) is 3. The molecule has 0 radical (unpaired) electrons. The minimum atomic E-state index is -1.89. The molecular weight excluding hydrogens is 889 g/mol. The van der Waals surface area contributed by atoms with Crippen LogP contribution in [0.4, 0.5) is 28.4 Å². The highest BCUT2D eigenvalue weighted by atomic mass is 16.6. The zero-order valence-electron chi connectivity index (χ0n) is 37.0. The molecule has 0 bridgehead atoms. The lowest BCUT2D eigenvalue weighted by Gasteiger charge is -2.23. The molecule has 21 nitrogen and oxygen atoms in total. The largest absolute Gasteiger partial charge is 0.504 e. The summed E-state index contributed by atoms with van der Waals surface area (Å²) in [6.07, 6.45) is -2.02. The molecule has 354 valence electrons. The van der Waals surface area contributed by atoms with E-state index in [1.54, 1.807) is 20.8 Å². The second-order valence-electron chi connectivity index (χ2n) is 15.1. The minimum Gasteiger partial charge on any atom is -0.504 e. The summed E-state index contributed by atoms with van der Waals surface area (Å²) in [7, 11) is 1.07. The van der Waals surface area contributed by atoms with Crippen molar-refractivity contribution in [2.24, 2.45) is 0 Å². The lowest BCUT2D eigenvalue weighted by molar-refractivity contribution is -0.384. The van der Waals surface area contributed by atoms with Crippen LogP contribution in [0.3, 0.4) is 0 Å². The number of phenols is 1. The molecule has 21 heteroatoms. The van der Waals surface area contributed by atoms with Crippen LogP contribution in [0.5, 0.6) is 17.2 Å². The van der Waals surface area contributed by atoms with Gasteiger partial charge >= 0.3 is 11.9 Å². The molecule has 0 aromatic heterocycles. The van der Waals surface area contributed by atoms with Gasteiger partial charge < -0.3 is 56.1 Å². The highest BCUT2D eigenvalue weighted by molar-refractivity contribution is 6.10. The van der Waals surface area contributed by atoms with E-state index in [1.165, 1.54) is 103 Å². The minimum absolute atomic E-state index is 0.00572. The van der Waals surface area contributed by atoms with Gasteiger partial charge in [0.15, 0.2) is 23.6 Å². The highest BCUT2D eigenvalue weighted by Crippen LogP contribution is 2.40. The van der Waals surface area contributed by atoms with Gasteiger partial charge in [-0.2, -0.15) is 0 Å². The van der Waals surface area contributed by atoms with Crippen molar-refractivity contribution in [1.29, 1.82) is 0 Å². The Morgan fingerprint density at radius 1 is 0.647 bits per heavy atom. The van der Waals surface area contributed by atoms with E-state index >= 15 is 0 Å². The van der Waals surface area contributed by atoms with E-state index in [0.717, 1.165) is 7.11 Å². The number of aromatic hydroxyl groups is 1. The number of hydrogen-bond acceptors (Lipinski definition) is 13. The number of nitro benzene ring substituents is 1. The number of aromatic carboxylic acids is 1. The maximum absolute atomic E-state index is 13.5. The number of amides is 5. The van der Waals surface area contributed by atoms with Gasteiger partial charge in [-0.25, -0.2) is 9.59 Å². The van der Waals surface area contributed by atoms with Gasteiger partial charge in [0, 0.05) is 47.3 Å². The lowest BCUT2D eigenvalue weighted by atomic mass is 10.1. The van der Waals surface area contributed by atoms with E-state index in [4.69, 9.17) is 14.2 Å². The molecule has 0 saturated heterocycles. The molecule has 5 aromatic carbocycles. The second kappa shape index (κ2) is 22.4. The number of phenolic OH excluding ortho intramolecular Hbond substituents is 1. The van der Waals surface area contributed by atoms with Gasteiger partial charge in [0.05, 0.1) is 39.6 Å². The van der Waals surface area contributed by atoms with E-state index < -0.39 is 70.4 Å². The fraction of sp³-hybridized carbons (Fsp3) is 0.213. The third kappa shape index (κ3) is 12.7. The number of carbonyl (C=O) groups is 7. The smallest absolute Gasteiger partial charge is 0.335 e. The van der Waals surface area contributed by atoms with Crippen molar-refractivity contribution >= 4 is 69.9 Å². The number of rotatable bonds is 20. The predicted molar refractivity (Wildman–Crippen MR) is 246 cm³/mol. The molecule has 2 unspecified atom stereocenters. The first-order valence-corrected chi connectivity index (χ1v) is 20.6. The number of nitro groups is 1. The number of anilines is 4. The molecule has 8 N–H and O–H groups in total. The van der Waals surface area contributed by atoms with Crippen LogP contribution in [-0.2, 0) is 14.3 Å². The molecule has 3 atom stereocenters. The van der Waals surface area contributed by atoms with Gasteiger partial charge in [0.25, 0.3) is 35.2 Å². The Balaban J connectivity index is 1.23. The Kier molecular flexibility index (Phi) is 16.5. The Bertz CT molecular complexity index is 2730. The lowest BCUT2D eigenvalue weighted by Crippen LogP contribution is -2.54. The molecule has 0 fully saturated rings. The molecule has 0 aliphatic rings. The standard InChI is InChI=1S/C47H46N6O15/c1-6-25(4)68-36-23-29(46(60)61)13-21-34(36)50-44(58)33-20-22-35(39(38(33)54)67-24(2)3)51-42(56)26-7-16-31(17-8-26)49-45(59)40(66-5)37(47(62)63)52-43(57)27-9-14-30(15-10-27)48-41(55)28-11-18-32(19-12-28)53(64)65/h7-25,37,40,54H,6H2,1-5H3,(H,48,55)(H,49,59)(H,50,58)(H,51,56)(H,52,57)(H,60,61)(H,62,63)/t25?,37-,40?/m0/s1. The molecule has 0 spiro atoms. The van der Waals surface area contributed by atoms with Crippen molar-refractivity contribution in [3.8, 4) is 17.2 Å². The molecule has 0 aliphatic carbocycles. The number of carboxylic acid groups (broad SMARTS) is 2. The van der Waals surface area contributed by atoms with E-state index in [0.29, 0.717) is 6.42 Å². The Labute approximate surface area is 387 Å². The molecule has 0 aliphatic heterocycles. The van der Waals surface area contributed by atoms with Crippen LogP contribution in [0.15, 0.2) is 103 Å². The monoisotopic (exact) mass is 934 g/mol. The number of benzene rings is 5. The van der Waals surface area contributed by atoms with Gasteiger partial charge in [-0.1, -0.05) is 6.92 Å². The van der Waals surface area contributed by atoms with Crippen LogP contribution in [0.2, 0.25) is 0 Å². The molecule has 5 rings (SSSR count). The molecule has 0 heterocycles. The van der Waals surface area contributed by atoms with Gasteiger partial charge in [-0.3, -0.25) is 34.1 Å². The third-order valence-corrected chi connectivity index (χ3v) is 9.89. The van der Waals surface area contributed by atoms with Crippen LogP contribution in [0, 0.1) is 10.1 Å². The van der Waals surface area contributed by atoms with Gasteiger partial charge in [0.1, 0.15) is 5.75 Å². The van der Waals surface area contributed by atoms with E-state index in [1.807, 2.05) is 6.92 Å². The molecule has 5 amide bonds. The maximum atomic E-state index is 13.5. The van der Waals surface area contributed by atoms with Crippen molar-refractivity contribution < 1.29 is 68.0 Å². The summed E-state index contributed by atoms with van der Waals surface area (Å²) < 4.78 is 16.9. The van der Waals surface area contributed by atoms with Crippen molar-refractivity contribution in [3.05, 3.63) is 141 Å². The van der Waals surface area contributed by atoms with Gasteiger partial charge in [-0.05, 0) is 118 Å². The summed E-state index contributed by atoms with van der Waals surface area (Å²) in [5.41, 5.74) is 0.172. The third-order valence-electron chi connectivity index (χ3n) is 9.89. The van der Waals surface area contributed by atoms with Crippen LogP contribution in [0.1, 0.15) is 85.9 Å². The van der Waals surface area contributed by atoms with Crippen molar-refractivity contribution in [3.63, 3.8) is 0 Å². The first-order chi connectivity index (χ1) is 32.3. The van der Waals surface area contributed by atoms with Crippen molar-refractivity contribution in [2.45, 2.75) is 58.5 Å². The average molecular weight is 935 g/mol. The molecule has 0 saturated carbocycles. The number of carbonyl (C=O) groups excluding carboxylic acids is 5. The summed E-state index contributed by atoms with van der Waals surface area (Å²) in [5.74, 6) is -7.46. The van der Waals surface area contributed by atoms with Crippen molar-refractivity contribution in [1.82, 2.24) is 5.32 Å². The molecule has 68 heavy (non-hydrogen) atoms. The van der Waals surface area contributed by atoms with Crippen LogP contribution >= 0.6 is 0 Å². The second-order valence-corrected chi connectivity index (χ2v) is 15.1. The van der Waals surface area contributed by atoms with Gasteiger partial charge in [-0.15, -0.1) is 0 Å². The number of carboxylic acids is 2. The number of non-ortho nitro benzene ring substituents is 1. The van der Waals surface area contributed by atoms with Crippen LogP contribution < -0.4 is 36.1 Å². The van der Waals surface area contributed by atoms with Crippen molar-refractivity contribution in [2.75, 3.05) is 28.4 Å².